The van der Waals surface area contributed by atoms with Crippen LogP contribution in [0.3, 0.4) is 0 Å². The summed E-state index contributed by atoms with van der Waals surface area (Å²) in [6, 6.07) is 11.0. The van der Waals surface area contributed by atoms with E-state index in [0.717, 1.165) is 16.2 Å². The monoisotopic (exact) mass is 449 g/mol. The molecule has 3 rings (SSSR count). The first-order chi connectivity index (χ1) is 14.5. The molecule has 160 valence electrons. The molecule has 0 N–H and O–H groups in total. The summed E-state index contributed by atoms with van der Waals surface area (Å²) >= 11 is 8.00. The molecule has 30 heavy (non-hydrogen) atoms. The molecule has 2 aromatic rings. The van der Waals surface area contributed by atoms with Crippen LogP contribution in [0.1, 0.15) is 22.9 Å². The van der Waals surface area contributed by atoms with Gasteiger partial charge in [-0.2, -0.15) is 5.10 Å². The van der Waals surface area contributed by atoms with E-state index in [4.69, 9.17) is 21.1 Å². The Morgan fingerprint density at radius 3 is 2.70 bits per heavy atom. The highest BCUT2D eigenvalue weighted by molar-refractivity contribution is 7.12. The molecule has 0 bridgehead atoms. The van der Waals surface area contributed by atoms with Crippen LogP contribution in [0.25, 0.3) is 0 Å². The van der Waals surface area contributed by atoms with Crippen molar-refractivity contribution in [2.24, 2.45) is 5.10 Å². The summed E-state index contributed by atoms with van der Waals surface area (Å²) in [4.78, 5) is 28.1. The first-order valence-corrected chi connectivity index (χ1v) is 10.7. The lowest BCUT2D eigenvalue weighted by molar-refractivity contribution is -0.144. The van der Waals surface area contributed by atoms with Crippen LogP contribution in [-0.2, 0) is 19.1 Å². The Bertz CT molecular complexity index is 903. The topological polar surface area (TPSA) is 71.4 Å². The van der Waals surface area contributed by atoms with Gasteiger partial charge in [0.15, 0.2) is 0 Å². The lowest BCUT2D eigenvalue weighted by Crippen LogP contribution is -2.44. The summed E-state index contributed by atoms with van der Waals surface area (Å²) in [5.74, 6) is -0.564. The van der Waals surface area contributed by atoms with Gasteiger partial charge in [0.05, 0.1) is 23.2 Å². The number of halogens is 1. The van der Waals surface area contributed by atoms with Gasteiger partial charge in [0.25, 0.3) is 5.91 Å². The number of thiophene rings is 1. The molecule has 7 nitrogen and oxygen atoms in total. The molecule has 0 saturated carbocycles. The smallest absolute Gasteiger partial charge is 0.262 e. The van der Waals surface area contributed by atoms with E-state index >= 15 is 0 Å². The summed E-state index contributed by atoms with van der Waals surface area (Å²) < 4.78 is 10.0. The van der Waals surface area contributed by atoms with Crippen molar-refractivity contribution in [1.29, 1.82) is 0 Å². The minimum absolute atomic E-state index is 0.103. The second kappa shape index (κ2) is 10.7. The number of ether oxygens (including phenoxy) is 2. The number of hydrogen-bond acceptors (Lipinski definition) is 6. The minimum Gasteiger partial charge on any atom is -0.383 e. The molecule has 0 fully saturated rings. The third kappa shape index (κ3) is 5.26. The van der Waals surface area contributed by atoms with E-state index in [9.17, 15) is 9.59 Å². The zero-order valence-corrected chi connectivity index (χ0v) is 18.5. The predicted molar refractivity (Wildman–Crippen MR) is 117 cm³/mol. The van der Waals surface area contributed by atoms with Gasteiger partial charge in [-0.15, -0.1) is 11.3 Å². The number of carbonyl (C=O) groups excluding carboxylic acids is 2. The molecule has 1 aliphatic rings. The Morgan fingerprint density at radius 1 is 1.23 bits per heavy atom. The third-order valence-corrected chi connectivity index (χ3v) is 6.01. The molecule has 1 unspecified atom stereocenters. The second-order valence-corrected chi connectivity index (χ2v) is 8.10. The van der Waals surface area contributed by atoms with E-state index in [1.54, 1.807) is 24.5 Å². The van der Waals surface area contributed by atoms with Crippen LogP contribution in [0.15, 0.2) is 46.9 Å². The van der Waals surface area contributed by atoms with Gasteiger partial charge < -0.3 is 14.4 Å². The average Bonchev–Trinajstić information content (AvgIpc) is 3.41. The number of rotatable bonds is 9. The van der Waals surface area contributed by atoms with Gasteiger partial charge in [-0.25, -0.2) is 5.01 Å². The molecule has 0 spiro atoms. The maximum atomic E-state index is 13.2. The lowest BCUT2D eigenvalue weighted by Gasteiger charge is -2.27. The van der Waals surface area contributed by atoms with Crippen molar-refractivity contribution in [1.82, 2.24) is 9.91 Å². The van der Waals surface area contributed by atoms with Crippen LogP contribution < -0.4 is 0 Å². The van der Waals surface area contributed by atoms with Crippen molar-refractivity contribution in [3.63, 3.8) is 0 Å². The van der Waals surface area contributed by atoms with Crippen molar-refractivity contribution in [3.05, 3.63) is 57.2 Å². The molecule has 1 atom stereocenters. The summed E-state index contributed by atoms with van der Waals surface area (Å²) in [5, 5.41) is 8.63. The fourth-order valence-electron chi connectivity index (χ4n) is 3.26. The van der Waals surface area contributed by atoms with Crippen LogP contribution in [0.2, 0.25) is 5.02 Å². The van der Waals surface area contributed by atoms with E-state index in [1.165, 1.54) is 17.0 Å². The minimum atomic E-state index is -0.329. The molecule has 9 heteroatoms. The highest BCUT2D eigenvalue weighted by Gasteiger charge is 2.35. The molecule has 0 radical (unpaired) electrons. The number of hydrogen-bond donors (Lipinski definition) is 0. The fraction of sp³-hybridized carbons (Fsp3) is 0.381. The van der Waals surface area contributed by atoms with Gasteiger partial charge in [0, 0.05) is 32.2 Å². The summed E-state index contributed by atoms with van der Waals surface area (Å²) in [6.07, 6.45) is 0.556. The Kier molecular flexibility index (Phi) is 7.98. The normalized spacial score (nSPS) is 15.9. The Morgan fingerprint density at radius 2 is 2.03 bits per heavy atom. The Balaban J connectivity index is 1.86. The zero-order chi connectivity index (χ0) is 21.5. The highest BCUT2D eigenvalue weighted by atomic mass is 35.5. The average molecular weight is 450 g/mol. The molecule has 1 aromatic carbocycles. The largest absolute Gasteiger partial charge is 0.383 e. The predicted octanol–water partition coefficient (Wildman–Crippen LogP) is 3.20. The maximum Gasteiger partial charge on any atom is 0.262 e. The van der Waals surface area contributed by atoms with Gasteiger partial charge in [-0.05, 0) is 23.1 Å². The van der Waals surface area contributed by atoms with E-state index in [0.29, 0.717) is 18.1 Å². The number of methoxy groups -OCH3 is 2. The van der Waals surface area contributed by atoms with E-state index in [-0.39, 0.29) is 37.6 Å². The molecule has 2 heterocycles. The van der Waals surface area contributed by atoms with Gasteiger partial charge in [-0.1, -0.05) is 35.9 Å². The van der Waals surface area contributed by atoms with E-state index < -0.39 is 0 Å². The zero-order valence-electron chi connectivity index (χ0n) is 16.9. The molecular formula is C21H24ClN3O4S. The van der Waals surface area contributed by atoms with Crippen LogP contribution in [0.5, 0.6) is 0 Å². The van der Waals surface area contributed by atoms with Crippen molar-refractivity contribution in [2.45, 2.75) is 12.5 Å². The maximum absolute atomic E-state index is 13.2. The van der Waals surface area contributed by atoms with Crippen LogP contribution in [-0.4, -0.2) is 68.0 Å². The van der Waals surface area contributed by atoms with Crippen molar-refractivity contribution in [2.75, 3.05) is 40.5 Å². The van der Waals surface area contributed by atoms with Crippen molar-refractivity contribution in [3.8, 4) is 0 Å². The first-order valence-electron chi connectivity index (χ1n) is 9.48. The lowest BCUT2D eigenvalue weighted by atomic mass is 10.0. The SMILES string of the molecule is COCCN(CC(=O)N1N=C(c2cccs2)CC1c1ccccc1Cl)C(=O)COC. The van der Waals surface area contributed by atoms with Crippen molar-refractivity contribution >= 4 is 40.5 Å². The highest BCUT2D eigenvalue weighted by Crippen LogP contribution is 2.37. The number of benzene rings is 1. The number of hydrazone groups is 1. The number of amides is 2. The van der Waals surface area contributed by atoms with E-state index in [2.05, 4.69) is 5.10 Å². The van der Waals surface area contributed by atoms with Crippen LogP contribution in [0.4, 0.5) is 0 Å². The van der Waals surface area contributed by atoms with Gasteiger partial charge in [-0.3, -0.25) is 9.59 Å². The summed E-state index contributed by atoms with van der Waals surface area (Å²) in [5.41, 5.74) is 1.66. The summed E-state index contributed by atoms with van der Waals surface area (Å²) in [6.45, 7) is 0.388. The molecule has 0 saturated heterocycles. The van der Waals surface area contributed by atoms with Crippen LogP contribution >= 0.6 is 22.9 Å². The molecule has 0 aliphatic carbocycles. The Hall–Kier alpha value is -2.26. The fourth-order valence-corrected chi connectivity index (χ4v) is 4.25. The molecule has 1 aliphatic heterocycles. The molecule has 1 aromatic heterocycles. The quantitative estimate of drug-likeness (QED) is 0.589. The second-order valence-electron chi connectivity index (χ2n) is 6.74. The van der Waals surface area contributed by atoms with Gasteiger partial charge in [0.2, 0.25) is 5.91 Å². The number of nitrogens with zero attached hydrogens (tertiary/aromatic N) is 3. The molecule has 2 amide bonds. The van der Waals surface area contributed by atoms with Crippen LogP contribution in [0, 0.1) is 0 Å². The van der Waals surface area contributed by atoms with E-state index in [1.807, 2.05) is 35.7 Å². The van der Waals surface area contributed by atoms with Gasteiger partial charge >= 0.3 is 0 Å². The Labute approximate surface area is 184 Å². The molecular weight excluding hydrogens is 426 g/mol. The number of carbonyl (C=O) groups is 2. The third-order valence-electron chi connectivity index (χ3n) is 4.75. The van der Waals surface area contributed by atoms with Crippen molar-refractivity contribution < 1.29 is 19.1 Å². The summed E-state index contributed by atoms with van der Waals surface area (Å²) in [7, 11) is 2.99. The first kappa shape index (κ1) is 22.4. The van der Waals surface area contributed by atoms with Gasteiger partial charge in [0.1, 0.15) is 13.2 Å². The standard InChI is InChI=1S/C21H24ClN3O4S/c1-28-10-9-24(21(27)14-29-2)13-20(26)25-18(15-6-3-4-7-16(15)22)12-17(23-25)19-8-5-11-30-19/h3-8,11,18H,9-10,12-14H2,1-2H3.